The predicted molar refractivity (Wildman–Crippen MR) is 117 cm³/mol. The Bertz CT molecular complexity index is 1080. The van der Waals surface area contributed by atoms with Crippen LogP contribution >= 0.6 is 0 Å². The van der Waals surface area contributed by atoms with Gasteiger partial charge in [0.05, 0.1) is 25.1 Å². The lowest BCUT2D eigenvalue weighted by Gasteiger charge is -2.42. The van der Waals surface area contributed by atoms with Crippen molar-refractivity contribution in [2.24, 2.45) is 5.92 Å². The molecule has 1 unspecified atom stereocenters. The number of ether oxygens (including phenoxy) is 2. The molecule has 0 aromatic carbocycles. The number of aromatic nitrogens is 3. The van der Waals surface area contributed by atoms with Gasteiger partial charge in [0.15, 0.2) is 5.82 Å². The van der Waals surface area contributed by atoms with E-state index in [4.69, 9.17) is 9.47 Å². The van der Waals surface area contributed by atoms with Crippen LogP contribution in [0.3, 0.4) is 0 Å². The van der Waals surface area contributed by atoms with Gasteiger partial charge in [0.1, 0.15) is 22.7 Å². The minimum absolute atomic E-state index is 0.0995. The number of aryl methyl sites for hydroxylation is 1. The van der Waals surface area contributed by atoms with E-state index in [1.807, 2.05) is 18.9 Å². The summed E-state index contributed by atoms with van der Waals surface area (Å²) in [5, 5.41) is 6.30. The molecule has 9 nitrogen and oxygen atoms in total. The number of likely N-dealkylation sites (N-methyl/N-ethyl adjacent to an activating group) is 1. The number of fused-ring (bicyclic) bond motifs is 1. The SMILES string of the molecule is Cc1nc(NC2CC(COc3ccc(C(F)(F)F)nc3)C2)nc2c1NC(=O)C1(CCOC1)N2C. The minimum Gasteiger partial charge on any atom is -0.492 e. The lowest BCUT2D eigenvalue weighted by atomic mass is 9.81. The zero-order chi connectivity index (χ0) is 24.1. The molecule has 0 bridgehead atoms. The molecule has 1 atom stereocenters. The Morgan fingerprint density at radius 1 is 1.32 bits per heavy atom. The summed E-state index contributed by atoms with van der Waals surface area (Å²) in [6.07, 6.45) is -1.14. The number of amides is 1. The van der Waals surface area contributed by atoms with Gasteiger partial charge in [0, 0.05) is 26.1 Å². The molecular weight excluding hydrogens is 453 g/mol. The van der Waals surface area contributed by atoms with Crippen LogP contribution in [-0.2, 0) is 15.7 Å². The number of carbonyl (C=O) groups excluding carboxylic acids is 1. The normalized spacial score (nSPS) is 26.1. The highest BCUT2D eigenvalue weighted by atomic mass is 19.4. The molecule has 1 saturated heterocycles. The Labute approximate surface area is 194 Å². The van der Waals surface area contributed by atoms with Crippen molar-refractivity contribution in [3.8, 4) is 5.75 Å². The Morgan fingerprint density at radius 3 is 2.76 bits per heavy atom. The largest absolute Gasteiger partial charge is 0.492 e. The van der Waals surface area contributed by atoms with Crippen molar-refractivity contribution >= 4 is 23.4 Å². The molecular formula is C22H25F3N6O3. The molecule has 3 aliphatic rings. The maximum Gasteiger partial charge on any atom is 0.433 e. The average molecular weight is 478 g/mol. The van der Waals surface area contributed by atoms with E-state index in [-0.39, 0.29) is 17.9 Å². The summed E-state index contributed by atoms with van der Waals surface area (Å²) in [6, 6.07) is 2.35. The van der Waals surface area contributed by atoms with E-state index >= 15 is 0 Å². The smallest absolute Gasteiger partial charge is 0.433 e. The fourth-order valence-corrected chi connectivity index (χ4v) is 4.61. The third-order valence-corrected chi connectivity index (χ3v) is 6.77. The molecule has 5 rings (SSSR count). The van der Waals surface area contributed by atoms with E-state index in [0.29, 0.717) is 55.1 Å². The molecule has 182 valence electrons. The monoisotopic (exact) mass is 478 g/mol. The van der Waals surface area contributed by atoms with Crippen molar-refractivity contribution < 1.29 is 27.4 Å². The minimum atomic E-state index is -4.46. The average Bonchev–Trinajstić information content (AvgIpc) is 3.26. The summed E-state index contributed by atoms with van der Waals surface area (Å²) in [4.78, 5) is 27.2. The molecule has 2 N–H and O–H groups in total. The van der Waals surface area contributed by atoms with Gasteiger partial charge in [-0.2, -0.15) is 18.2 Å². The van der Waals surface area contributed by atoms with E-state index in [1.165, 1.54) is 6.07 Å². The lowest BCUT2D eigenvalue weighted by molar-refractivity contribution is -0.141. The van der Waals surface area contributed by atoms with E-state index in [0.717, 1.165) is 25.1 Å². The Morgan fingerprint density at radius 2 is 2.12 bits per heavy atom. The van der Waals surface area contributed by atoms with Gasteiger partial charge in [-0.3, -0.25) is 4.79 Å². The molecule has 2 aliphatic heterocycles. The number of anilines is 3. The summed E-state index contributed by atoms with van der Waals surface area (Å²) in [5.74, 6) is 1.63. The zero-order valence-corrected chi connectivity index (χ0v) is 18.8. The Balaban J connectivity index is 1.17. The van der Waals surface area contributed by atoms with Gasteiger partial charge >= 0.3 is 6.18 Å². The van der Waals surface area contributed by atoms with Crippen LogP contribution in [0.5, 0.6) is 5.75 Å². The van der Waals surface area contributed by atoms with Gasteiger partial charge in [-0.25, -0.2) is 9.97 Å². The summed E-state index contributed by atoms with van der Waals surface area (Å²) >= 11 is 0. The van der Waals surface area contributed by atoms with Crippen molar-refractivity contribution in [2.75, 3.05) is 42.4 Å². The third-order valence-electron chi connectivity index (χ3n) is 6.77. The van der Waals surface area contributed by atoms with Crippen LogP contribution in [0.2, 0.25) is 0 Å². The maximum absolute atomic E-state index is 12.8. The molecule has 2 fully saturated rings. The van der Waals surface area contributed by atoms with Crippen LogP contribution in [0.25, 0.3) is 0 Å². The molecule has 1 aliphatic carbocycles. The third kappa shape index (κ3) is 3.99. The number of carbonyl (C=O) groups is 1. The lowest BCUT2D eigenvalue weighted by Crippen LogP contribution is -2.59. The Hall–Kier alpha value is -3.15. The summed E-state index contributed by atoms with van der Waals surface area (Å²) in [5.41, 5.74) is -0.405. The topological polar surface area (TPSA) is 102 Å². The van der Waals surface area contributed by atoms with Crippen molar-refractivity contribution in [3.63, 3.8) is 0 Å². The quantitative estimate of drug-likeness (QED) is 0.677. The first-order chi connectivity index (χ1) is 16.2. The molecule has 1 saturated carbocycles. The Kier molecular flexibility index (Phi) is 5.50. The fourth-order valence-electron chi connectivity index (χ4n) is 4.61. The van der Waals surface area contributed by atoms with Crippen molar-refractivity contribution in [2.45, 2.75) is 43.9 Å². The van der Waals surface area contributed by atoms with Crippen molar-refractivity contribution in [3.05, 3.63) is 29.7 Å². The number of rotatable bonds is 5. The number of pyridine rings is 1. The molecule has 2 aromatic heterocycles. The van der Waals surface area contributed by atoms with Crippen LogP contribution in [0.4, 0.5) is 30.6 Å². The summed E-state index contributed by atoms with van der Waals surface area (Å²) < 4.78 is 48.9. The van der Waals surface area contributed by atoms with Crippen LogP contribution in [0.1, 0.15) is 30.7 Å². The second kappa shape index (κ2) is 8.26. The van der Waals surface area contributed by atoms with Crippen LogP contribution in [0, 0.1) is 12.8 Å². The van der Waals surface area contributed by atoms with E-state index in [9.17, 15) is 18.0 Å². The first kappa shape index (κ1) is 22.6. The maximum atomic E-state index is 12.8. The number of hydrogen-bond acceptors (Lipinski definition) is 8. The molecule has 12 heteroatoms. The van der Waals surface area contributed by atoms with Gasteiger partial charge in [-0.15, -0.1) is 0 Å². The fraction of sp³-hybridized carbons (Fsp3) is 0.545. The highest BCUT2D eigenvalue weighted by Crippen LogP contribution is 2.40. The highest BCUT2D eigenvalue weighted by Gasteiger charge is 2.50. The first-order valence-corrected chi connectivity index (χ1v) is 11.1. The summed E-state index contributed by atoms with van der Waals surface area (Å²) in [6.45, 7) is 3.07. The molecule has 1 amide bonds. The van der Waals surface area contributed by atoms with Crippen LogP contribution in [0.15, 0.2) is 18.3 Å². The van der Waals surface area contributed by atoms with Crippen molar-refractivity contribution in [1.82, 2.24) is 15.0 Å². The van der Waals surface area contributed by atoms with E-state index < -0.39 is 17.4 Å². The molecule has 1 spiro atoms. The van der Waals surface area contributed by atoms with Gasteiger partial charge in [-0.05, 0) is 37.8 Å². The number of hydrogen-bond donors (Lipinski definition) is 2. The zero-order valence-electron chi connectivity index (χ0n) is 18.8. The standard InChI is InChI=1S/C22H25F3N6O3/c1-12-17-18(31(2)21(19(32)29-17)5-6-33-11-21)30-20(27-12)28-14-7-13(8-14)10-34-15-3-4-16(26-9-15)22(23,24)25/h3-4,9,13-14H,5-8,10-11H2,1-2H3,(H,29,32)(H,27,28,30). The van der Waals surface area contributed by atoms with Crippen molar-refractivity contribution in [1.29, 1.82) is 0 Å². The second-order valence-corrected chi connectivity index (χ2v) is 9.05. The van der Waals surface area contributed by atoms with Gasteiger partial charge in [0.25, 0.3) is 5.91 Å². The number of nitrogens with one attached hydrogen (secondary N) is 2. The molecule has 4 heterocycles. The van der Waals surface area contributed by atoms with Gasteiger partial charge in [0.2, 0.25) is 5.95 Å². The number of alkyl halides is 3. The van der Waals surface area contributed by atoms with E-state index in [1.54, 1.807) is 0 Å². The predicted octanol–water partition coefficient (Wildman–Crippen LogP) is 3.02. The van der Waals surface area contributed by atoms with Crippen LogP contribution in [-0.4, -0.2) is 59.3 Å². The van der Waals surface area contributed by atoms with Crippen LogP contribution < -0.4 is 20.3 Å². The molecule has 0 radical (unpaired) electrons. The number of halogens is 3. The first-order valence-electron chi connectivity index (χ1n) is 11.1. The molecule has 2 aromatic rings. The van der Waals surface area contributed by atoms with Gasteiger partial charge in [-0.1, -0.05) is 0 Å². The summed E-state index contributed by atoms with van der Waals surface area (Å²) in [7, 11) is 1.86. The molecule has 34 heavy (non-hydrogen) atoms. The van der Waals surface area contributed by atoms with E-state index in [2.05, 4.69) is 25.6 Å². The second-order valence-electron chi connectivity index (χ2n) is 9.05. The van der Waals surface area contributed by atoms with Gasteiger partial charge < -0.3 is 25.0 Å². The highest BCUT2D eigenvalue weighted by molar-refractivity contribution is 6.06. The number of nitrogens with zero attached hydrogens (tertiary/aromatic N) is 4.